The van der Waals surface area contributed by atoms with Gasteiger partial charge in [0.15, 0.2) is 0 Å². The third kappa shape index (κ3) is 1.13. The van der Waals surface area contributed by atoms with Crippen molar-refractivity contribution < 1.29 is 4.79 Å². The van der Waals surface area contributed by atoms with Crippen LogP contribution in [0.2, 0.25) is 0 Å². The van der Waals surface area contributed by atoms with E-state index in [-0.39, 0.29) is 0 Å². The summed E-state index contributed by atoms with van der Waals surface area (Å²) in [6.07, 6.45) is 8.92. The molecule has 0 aromatic carbocycles. The van der Waals surface area contributed by atoms with Crippen molar-refractivity contribution in [2.45, 2.75) is 19.3 Å². The summed E-state index contributed by atoms with van der Waals surface area (Å²) in [4.78, 5) is 11.5. The van der Waals surface area contributed by atoms with Gasteiger partial charge in [0, 0.05) is 12.3 Å². The van der Waals surface area contributed by atoms with Crippen LogP contribution in [0.15, 0.2) is 24.8 Å². The Kier molecular flexibility index (Phi) is 1.87. The standard InChI is InChI=1S/C11H14O/c1-2-3-7-10(12)11-8-5-4-6-9(8)11/h2,4-5,8-9,11H,1,3,6-7H2/t8-,9+,11+/m0/s1. The fourth-order valence-corrected chi connectivity index (χ4v) is 2.22. The average Bonchev–Trinajstić information content (AvgIpc) is 2.56. The lowest BCUT2D eigenvalue weighted by Crippen LogP contribution is -2.03. The van der Waals surface area contributed by atoms with Crippen molar-refractivity contribution in [2.24, 2.45) is 17.8 Å². The summed E-state index contributed by atoms with van der Waals surface area (Å²) in [5.74, 6) is 2.13. The van der Waals surface area contributed by atoms with Crippen molar-refractivity contribution in [3.63, 3.8) is 0 Å². The Morgan fingerprint density at radius 2 is 2.50 bits per heavy atom. The van der Waals surface area contributed by atoms with Crippen molar-refractivity contribution >= 4 is 5.78 Å². The van der Waals surface area contributed by atoms with Crippen LogP contribution in [-0.2, 0) is 4.79 Å². The van der Waals surface area contributed by atoms with E-state index in [9.17, 15) is 4.79 Å². The Balaban J connectivity index is 1.83. The molecule has 0 heterocycles. The lowest BCUT2D eigenvalue weighted by molar-refractivity contribution is -0.120. The molecular formula is C11H14O. The lowest BCUT2D eigenvalue weighted by Gasteiger charge is -1.96. The Hall–Kier alpha value is -0.850. The molecule has 1 nitrogen and oxygen atoms in total. The fourth-order valence-electron chi connectivity index (χ4n) is 2.22. The van der Waals surface area contributed by atoms with Gasteiger partial charge >= 0.3 is 0 Å². The van der Waals surface area contributed by atoms with Crippen molar-refractivity contribution in [1.29, 1.82) is 0 Å². The van der Waals surface area contributed by atoms with E-state index in [1.165, 1.54) is 0 Å². The number of hydrogen-bond donors (Lipinski definition) is 0. The predicted molar refractivity (Wildman–Crippen MR) is 48.7 cm³/mol. The van der Waals surface area contributed by atoms with E-state index in [2.05, 4.69) is 18.7 Å². The van der Waals surface area contributed by atoms with E-state index in [4.69, 9.17) is 0 Å². The molecule has 12 heavy (non-hydrogen) atoms. The quantitative estimate of drug-likeness (QED) is 0.580. The Morgan fingerprint density at radius 1 is 1.67 bits per heavy atom. The molecule has 0 N–H and O–H groups in total. The van der Waals surface area contributed by atoms with E-state index in [0.717, 1.165) is 12.8 Å². The second kappa shape index (κ2) is 2.89. The highest BCUT2D eigenvalue weighted by atomic mass is 16.1. The van der Waals surface area contributed by atoms with Crippen LogP contribution in [0.4, 0.5) is 0 Å². The zero-order valence-corrected chi connectivity index (χ0v) is 7.20. The maximum Gasteiger partial charge on any atom is 0.137 e. The van der Waals surface area contributed by atoms with Gasteiger partial charge < -0.3 is 0 Å². The maximum absolute atomic E-state index is 11.5. The van der Waals surface area contributed by atoms with Crippen LogP contribution in [0, 0.1) is 17.8 Å². The van der Waals surface area contributed by atoms with E-state index >= 15 is 0 Å². The first kappa shape index (κ1) is 7.78. The summed E-state index contributed by atoms with van der Waals surface area (Å²) in [6.45, 7) is 3.62. The first-order chi connectivity index (χ1) is 5.84. The number of hydrogen-bond acceptors (Lipinski definition) is 1. The minimum Gasteiger partial charge on any atom is -0.299 e. The zero-order chi connectivity index (χ0) is 8.55. The van der Waals surface area contributed by atoms with E-state index in [0.29, 0.717) is 30.0 Å². The van der Waals surface area contributed by atoms with Gasteiger partial charge in [-0.15, -0.1) is 6.58 Å². The number of rotatable bonds is 4. The van der Waals surface area contributed by atoms with Crippen molar-refractivity contribution in [3.05, 3.63) is 24.8 Å². The van der Waals surface area contributed by atoms with Crippen molar-refractivity contribution in [3.8, 4) is 0 Å². The maximum atomic E-state index is 11.5. The smallest absolute Gasteiger partial charge is 0.137 e. The van der Waals surface area contributed by atoms with Crippen LogP contribution in [-0.4, -0.2) is 5.78 Å². The van der Waals surface area contributed by atoms with Gasteiger partial charge in [-0.05, 0) is 24.7 Å². The highest BCUT2D eigenvalue weighted by molar-refractivity contribution is 5.85. The normalized spacial score (nSPS) is 36.2. The van der Waals surface area contributed by atoms with Crippen molar-refractivity contribution in [1.82, 2.24) is 0 Å². The molecule has 0 spiro atoms. The summed E-state index contributed by atoms with van der Waals surface area (Å²) in [6, 6.07) is 0. The molecule has 0 aromatic rings. The van der Waals surface area contributed by atoms with Crippen LogP contribution < -0.4 is 0 Å². The first-order valence-electron chi connectivity index (χ1n) is 4.65. The molecule has 2 aliphatic rings. The molecule has 0 bridgehead atoms. The topological polar surface area (TPSA) is 17.1 Å². The van der Waals surface area contributed by atoms with Crippen LogP contribution in [0.25, 0.3) is 0 Å². The van der Waals surface area contributed by atoms with Gasteiger partial charge in [0.2, 0.25) is 0 Å². The molecular weight excluding hydrogens is 148 g/mol. The lowest BCUT2D eigenvalue weighted by atomic mass is 10.1. The molecule has 2 rings (SSSR count). The number of carbonyl (C=O) groups is 1. The van der Waals surface area contributed by atoms with Crippen LogP contribution in [0.3, 0.4) is 0 Å². The summed E-state index contributed by atoms with van der Waals surface area (Å²) in [5, 5.41) is 0. The number of allylic oxidation sites excluding steroid dienone is 3. The van der Waals surface area contributed by atoms with Gasteiger partial charge in [-0.25, -0.2) is 0 Å². The fraction of sp³-hybridized carbons (Fsp3) is 0.545. The highest BCUT2D eigenvalue weighted by Crippen LogP contribution is 2.54. The summed E-state index contributed by atoms with van der Waals surface area (Å²) < 4.78 is 0. The molecule has 3 atom stereocenters. The SMILES string of the molecule is C=CCCC(=O)[C@@H]1[C@H]2C=CC[C@H]21. The molecule has 64 valence electrons. The van der Waals surface area contributed by atoms with E-state index < -0.39 is 0 Å². The second-order valence-electron chi connectivity index (χ2n) is 3.72. The van der Waals surface area contributed by atoms with Gasteiger partial charge in [-0.3, -0.25) is 4.79 Å². The van der Waals surface area contributed by atoms with E-state index in [1.54, 1.807) is 0 Å². The Morgan fingerprint density at radius 3 is 3.08 bits per heavy atom. The molecule has 2 aliphatic carbocycles. The molecule has 0 aliphatic heterocycles. The first-order valence-corrected chi connectivity index (χ1v) is 4.65. The van der Waals surface area contributed by atoms with Gasteiger partial charge in [0.1, 0.15) is 5.78 Å². The van der Waals surface area contributed by atoms with E-state index in [1.807, 2.05) is 6.08 Å². The highest BCUT2D eigenvalue weighted by Gasteiger charge is 2.53. The summed E-state index contributed by atoms with van der Waals surface area (Å²) in [7, 11) is 0. The average molecular weight is 162 g/mol. The monoisotopic (exact) mass is 162 g/mol. The van der Waals surface area contributed by atoms with Crippen LogP contribution in [0.1, 0.15) is 19.3 Å². The van der Waals surface area contributed by atoms with Crippen LogP contribution >= 0.6 is 0 Å². The number of Topliss-reactive ketones (excluding diaryl/α,β-unsaturated/α-hetero) is 1. The van der Waals surface area contributed by atoms with Gasteiger partial charge in [-0.2, -0.15) is 0 Å². The molecule has 1 fully saturated rings. The summed E-state index contributed by atoms with van der Waals surface area (Å²) in [5.41, 5.74) is 0. The predicted octanol–water partition coefficient (Wildman–Crippen LogP) is 2.34. The zero-order valence-electron chi connectivity index (χ0n) is 7.20. The Bertz CT molecular complexity index is 239. The Labute approximate surface area is 73.2 Å². The number of fused-ring (bicyclic) bond motifs is 1. The molecule has 0 aromatic heterocycles. The molecule has 1 saturated carbocycles. The third-order valence-corrected chi connectivity index (χ3v) is 2.96. The minimum atomic E-state index is 0.384. The molecule has 0 radical (unpaired) electrons. The molecule has 0 amide bonds. The largest absolute Gasteiger partial charge is 0.299 e. The van der Waals surface area contributed by atoms with Crippen molar-refractivity contribution in [2.75, 3.05) is 0 Å². The van der Waals surface area contributed by atoms with Crippen LogP contribution in [0.5, 0.6) is 0 Å². The summed E-state index contributed by atoms with van der Waals surface area (Å²) >= 11 is 0. The van der Waals surface area contributed by atoms with Gasteiger partial charge in [-0.1, -0.05) is 18.2 Å². The minimum absolute atomic E-state index is 0.384. The third-order valence-electron chi connectivity index (χ3n) is 2.96. The molecule has 1 heteroatoms. The number of ketones is 1. The number of carbonyl (C=O) groups excluding carboxylic acids is 1. The van der Waals surface area contributed by atoms with Gasteiger partial charge in [0.25, 0.3) is 0 Å². The molecule has 0 saturated heterocycles. The second-order valence-corrected chi connectivity index (χ2v) is 3.72. The molecule has 0 unspecified atom stereocenters. The van der Waals surface area contributed by atoms with Gasteiger partial charge in [0.05, 0.1) is 0 Å².